The van der Waals surface area contributed by atoms with E-state index in [1.54, 1.807) is 6.20 Å². The summed E-state index contributed by atoms with van der Waals surface area (Å²) in [6, 6.07) is 5.85. The Morgan fingerprint density at radius 1 is 1.26 bits per heavy atom. The second-order valence-corrected chi connectivity index (χ2v) is 4.43. The highest BCUT2D eigenvalue weighted by molar-refractivity contribution is 5.48. The quantitative estimate of drug-likeness (QED) is 0.720. The fourth-order valence-corrected chi connectivity index (χ4v) is 2.01. The first-order valence-electron chi connectivity index (χ1n) is 6.28. The van der Waals surface area contributed by atoms with Gasteiger partial charge in [0.2, 0.25) is 0 Å². The lowest BCUT2D eigenvalue weighted by molar-refractivity contribution is 0.373. The van der Waals surface area contributed by atoms with Crippen LogP contribution in [-0.2, 0) is 13.0 Å². The Kier molecular flexibility index (Phi) is 2.95. The Labute approximate surface area is 110 Å². The molecule has 3 aromatic heterocycles. The minimum atomic E-state index is 0.596. The molecule has 5 nitrogen and oxygen atoms in total. The first-order chi connectivity index (χ1) is 9.26. The molecular formula is C14H15N3O2. The minimum Gasteiger partial charge on any atom is -0.458 e. The Morgan fingerprint density at radius 3 is 2.84 bits per heavy atom. The number of hydrogen-bond donors (Lipinski definition) is 0. The zero-order chi connectivity index (χ0) is 13.2. The molecule has 0 aliphatic rings. The van der Waals surface area contributed by atoms with Crippen LogP contribution in [0.4, 0.5) is 0 Å². The van der Waals surface area contributed by atoms with Crippen molar-refractivity contribution in [2.24, 2.45) is 0 Å². The summed E-state index contributed by atoms with van der Waals surface area (Å²) in [6.07, 6.45) is 4.54. The van der Waals surface area contributed by atoms with Crippen LogP contribution >= 0.6 is 0 Å². The zero-order valence-electron chi connectivity index (χ0n) is 11.0. The molecule has 0 saturated carbocycles. The molecule has 0 radical (unpaired) electrons. The van der Waals surface area contributed by atoms with Gasteiger partial charge in [0.05, 0.1) is 12.2 Å². The van der Waals surface area contributed by atoms with Crippen LogP contribution in [0.1, 0.15) is 24.1 Å². The predicted molar refractivity (Wildman–Crippen MR) is 69.6 cm³/mol. The molecule has 0 spiro atoms. The molecule has 0 aromatic carbocycles. The number of hydrogen-bond acceptors (Lipinski definition) is 4. The van der Waals surface area contributed by atoms with E-state index in [-0.39, 0.29) is 0 Å². The maximum atomic E-state index is 5.73. The summed E-state index contributed by atoms with van der Waals surface area (Å²) in [6.45, 7) is 4.56. The molecular weight excluding hydrogens is 242 g/mol. The van der Waals surface area contributed by atoms with Crippen molar-refractivity contribution in [1.29, 1.82) is 0 Å². The minimum absolute atomic E-state index is 0.596. The van der Waals surface area contributed by atoms with Gasteiger partial charge in [-0.2, -0.15) is 0 Å². The number of imidazole rings is 1. The molecule has 5 heteroatoms. The zero-order valence-corrected chi connectivity index (χ0v) is 11.0. The Morgan fingerprint density at radius 2 is 2.16 bits per heavy atom. The van der Waals surface area contributed by atoms with Crippen molar-refractivity contribution in [2.45, 2.75) is 26.8 Å². The van der Waals surface area contributed by atoms with E-state index in [0.717, 1.165) is 35.2 Å². The van der Waals surface area contributed by atoms with Gasteiger partial charge < -0.3 is 13.5 Å². The van der Waals surface area contributed by atoms with Gasteiger partial charge in [-0.25, -0.2) is 4.98 Å². The summed E-state index contributed by atoms with van der Waals surface area (Å²) in [5.41, 5.74) is 0.878. The molecule has 0 amide bonds. The van der Waals surface area contributed by atoms with Gasteiger partial charge in [0.15, 0.2) is 17.3 Å². The highest BCUT2D eigenvalue weighted by Gasteiger charge is 2.12. The third kappa shape index (κ3) is 2.31. The number of aryl methyl sites for hydroxylation is 2. The van der Waals surface area contributed by atoms with E-state index in [2.05, 4.69) is 17.1 Å². The number of aromatic nitrogens is 3. The van der Waals surface area contributed by atoms with E-state index in [0.29, 0.717) is 6.54 Å². The second kappa shape index (κ2) is 4.76. The highest BCUT2D eigenvalue weighted by atomic mass is 16.5. The maximum absolute atomic E-state index is 5.73. The van der Waals surface area contributed by atoms with Crippen LogP contribution in [0.25, 0.3) is 11.6 Å². The van der Waals surface area contributed by atoms with Crippen molar-refractivity contribution in [3.05, 3.63) is 47.8 Å². The molecule has 0 atom stereocenters. The molecule has 19 heavy (non-hydrogen) atoms. The third-order valence-electron chi connectivity index (χ3n) is 2.95. The molecule has 0 fully saturated rings. The molecule has 0 saturated heterocycles. The lowest BCUT2D eigenvalue weighted by atomic mass is 10.3. The smallest absolute Gasteiger partial charge is 0.176 e. The fraction of sp³-hybridized carbons (Fsp3) is 0.286. The third-order valence-corrected chi connectivity index (χ3v) is 2.95. The summed E-state index contributed by atoms with van der Waals surface area (Å²) < 4.78 is 12.9. The average Bonchev–Trinajstić information content (AvgIpc) is 3.10. The van der Waals surface area contributed by atoms with Crippen LogP contribution < -0.4 is 0 Å². The number of nitrogens with zero attached hydrogens (tertiary/aromatic N) is 3. The molecule has 3 aromatic rings. The van der Waals surface area contributed by atoms with Crippen LogP contribution in [-0.4, -0.2) is 14.7 Å². The lowest BCUT2D eigenvalue weighted by Gasteiger charge is -2.02. The van der Waals surface area contributed by atoms with Gasteiger partial charge in [0.1, 0.15) is 5.76 Å². The second-order valence-electron chi connectivity index (χ2n) is 4.43. The molecule has 0 aliphatic carbocycles. The van der Waals surface area contributed by atoms with Gasteiger partial charge in [-0.1, -0.05) is 12.1 Å². The maximum Gasteiger partial charge on any atom is 0.176 e. The van der Waals surface area contributed by atoms with Crippen LogP contribution in [0.15, 0.2) is 39.5 Å². The summed E-state index contributed by atoms with van der Waals surface area (Å²) in [5, 5.41) is 3.88. The molecule has 3 heterocycles. The van der Waals surface area contributed by atoms with Gasteiger partial charge in [0.25, 0.3) is 0 Å². The van der Waals surface area contributed by atoms with Crippen molar-refractivity contribution in [3.63, 3.8) is 0 Å². The highest BCUT2D eigenvalue weighted by Crippen LogP contribution is 2.21. The Bertz CT molecular complexity index is 678. The standard InChI is InChI=1S/C14H15N3O2/c1-3-11-4-5-13(18-11)14-15-6-7-17(14)9-12-8-10(2)16-19-12/h4-8H,3,9H2,1-2H3. The van der Waals surface area contributed by atoms with Crippen molar-refractivity contribution in [2.75, 3.05) is 0 Å². The lowest BCUT2D eigenvalue weighted by Crippen LogP contribution is -1.99. The number of rotatable bonds is 4. The van der Waals surface area contributed by atoms with Gasteiger partial charge in [-0.15, -0.1) is 0 Å². The van der Waals surface area contributed by atoms with E-state index in [9.17, 15) is 0 Å². The van der Waals surface area contributed by atoms with Gasteiger partial charge >= 0.3 is 0 Å². The van der Waals surface area contributed by atoms with E-state index >= 15 is 0 Å². The van der Waals surface area contributed by atoms with E-state index in [1.165, 1.54) is 0 Å². The molecule has 0 aliphatic heterocycles. The van der Waals surface area contributed by atoms with Gasteiger partial charge in [0, 0.05) is 24.9 Å². The Balaban J connectivity index is 1.89. The summed E-state index contributed by atoms with van der Waals surface area (Å²) in [7, 11) is 0. The monoisotopic (exact) mass is 257 g/mol. The summed E-state index contributed by atoms with van der Waals surface area (Å²) >= 11 is 0. The fourth-order valence-electron chi connectivity index (χ4n) is 2.01. The first-order valence-corrected chi connectivity index (χ1v) is 6.28. The van der Waals surface area contributed by atoms with Crippen molar-refractivity contribution < 1.29 is 8.94 Å². The van der Waals surface area contributed by atoms with Gasteiger partial charge in [-0.3, -0.25) is 0 Å². The van der Waals surface area contributed by atoms with Crippen LogP contribution in [0.5, 0.6) is 0 Å². The first kappa shape index (κ1) is 11.8. The SMILES string of the molecule is CCc1ccc(-c2nccn2Cc2cc(C)no2)o1. The topological polar surface area (TPSA) is 57.0 Å². The van der Waals surface area contributed by atoms with E-state index in [1.807, 2.05) is 35.9 Å². The normalized spacial score (nSPS) is 11.1. The molecule has 0 unspecified atom stereocenters. The van der Waals surface area contributed by atoms with Crippen LogP contribution in [0, 0.1) is 6.92 Å². The molecule has 0 bridgehead atoms. The van der Waals surface area contributed by atoms with Crippen molar-refractivity contribution >= 4 is 0 Å². The predicted octanol–water partition coefficient (Wildman–Crippen LogP) is 3.05. The average molecular weight is 257 g/mol. The molecule has 98 valence electrons. The molecule has 3 rings (SSSR count). The molecule has 0 N–H and O–H groups in total. The largest absolute Gasteiger partial charge is 0.458 e. The van der Waals surface area contributed by atoms with Crippen molar-refractivity contribution in [3.8, 4) is 11.6 Å². The van der Waals surface area contributed by atoms with E-state index < -0.39 is 0 Å². The van der Waals surface area contributed by atoms with Gasteiger partial charge in [-0.05, 0) is 19.1 Å². The Hall–Kier alpha value is -2.30. The van der Waals surface area contributed by atoms with Crippen molar-refractivity contribution in [1.82, 2.24) is 14.7 Å². The number of furan rings is 1. The van der Waals surface area contributed by atoms with Crippen LogP contribution in [0.2, 0.25) is 0 Å². The van der Waals surface area contributed by atoms with Crippen LogP contribution in [0.3, 0.4) is 0 Å². The van der Waals surface area contributed by atoms with E-state index in [4.69, 9.17) is 8.94 Å². The summed E-state index contributed by atoms with van der Waals surface area (Å²) in [4.78, 5) is 4.34. The summed E-state index contributed by atoms with van der Waals surface area (Å²) in [5.74, 6) is 3.34.